The van der Waals surface area contributed by atoms with Crippen molar-refractivity contribution in [1.82, 2.24) is 14.3 Å². The highest BCUT2D eigenvalue weighted by Crippen LogP contribution is 2.02. The van der Waals surface area contributed by atoms with E-state index in [4.69, 9.17) is 0 Å². The lowest BCUT2D eigenvalue weighted by Crippen LogP contribution is -2.39. The highest BCUT2D eigenvalue weighted by atomic mass is 16.2. The summed E-state index contributed by atoms with van der Waals surface area (Å²) in [7, 11) is 1.55. The Morgan fingerprint density at radius 1 is 1.19 bits per heavy atom. The van der Waals surface area contributed by atoms with E-state index in [1.165, 1.54) is 28.3 Å². The first-order valence-corrected chi connectivity index (χ1v) is 5.80. The Balaban J connectivity index is 2.57. The molecule has 0 aliphatic carbocycles. The van der Waals surface area contributed by atoms with Crippen LogP contribution in [0.3, 0.4) is 0 Å². The molecule has 0 aromatic carbocycles. The summed E-state index contributed by atoms with van der Waals surface area (Å²) >= 11 is 0. The van der Waals surface area contributed by atoms with Gasteiger partial charge < -0.3 is 0 Å². The number of rotatable bonds is 6. The molecule has 0 N–H and O–H groups in total. The number of aromatic nitrogens is 3. The molecule has 16 heavy (non-hydrogen) atoms. The largest absolute Gasteiger partial charge is 0.347 e. The zero-order chi connectivity index (χ0) is 12.0. The lowest BCUT2D eigenvalue weighted by Gasteiger charge is -2.05. The van der Waals surface area contributed by atoms with E-state index >= 15 is 0 Å². The van der Waals surface area contributed by atoms with Crippen LogP contribution in [0.2, 0.25) is 0 Å². The van der Waals surface area contributed by atoms with Crippen LogP contribution in [-0.4, -0.2) is 14.3 Å². The number of hydrogen-bond acceptors (Lipinski definition) is 3. The minimum absolute atomic E-state index is 0.307. The third-order valence-corrected chi connectivity index (χ3v) is 2.60. The quantitative estimate of drug-likeness (QED) is 0.676. The van der Waals surface area contributed by atoms with Crippen LogP contribution < -0.4 is 11.2 Å². The maximum atomic E-state index is 11.6. The molecule has 0 atom stereocenters. The first-order valence-electron chi connectivity index (χ1n) is 5.80. The zero-order valence-corrected chi connectivity index (χ0v) is 9.98. The molecule has 1 aromatic heterocycles. The highest BCUT2D eigenvalue weighted by molar-refractivity contribution is 4.74. The van der Waals surface area contributed by atoms with Crippen LogP contribution in [0.4, 0.5) is 0 Å². The van der Waals surface area contributed by atoms with E-state index in [-0.39, 0.29) is 11.2 Å². The normalized spacial score (nSPS) is 10.6. The number of nitrogens with zero attached hydrogens (tertiary/aromatic N) is 3. The van der Waals surface area contributed by atoms with Crippen molar-refractivity contribution in [3.63, 3.8) is 0 Å². The molecule has 5 heteroatoms. The van der Waals surface area contributed by atoms with Gasteiger partial charge in [-0.05, 0) is 6.42 Å². The van der Waals surface area contributed by atoms with Crippen molar-refractivity contribution in [3.8, 4) is 0 Å². The molecule has 1 rings (SSSR count). The third kappa shape index (κ3) is 3.32. The molecule has 0 unspecified atom stereocenters. The van der Waals surface area contributed by atoms with Gasteiger partial charge in [0.05, 0.1) is 0 Å². The summed E-state index contributed by atoms with van der Waals surface area (Å²) in [5.41, 5.74) is -0.637. The van der Waals surface area contributed by atoms with Gasteiger partial charge in [0.1, 0.15) is 6.20 Å². The van der Waals surface area contributed by atoms with Gasteiger partial charge in [-0.1, -0.05) is 32.6 Å². The Morgan fingerprint density at radius 3 is 2.56 bits per heavy atom. The van der Waals surface area contributed by atoms with E-state index in [1.807, 2.05) is 0 Å². The van der Waals surface area contributed by atoms with Crippen molar-refractivity contribution < 1.29 is 0 Å². The molecule has 0 aliphatic heterocycles. The van der Waals surface area contributed by atoms with Gasteiger partial charge in [0.25, 0.3) is 5.56 Å². The van der Waals surface area contributed by atoms with Crippen molar-refractivity contribution >= 4 is 0 Å². The Kier molecular flexibility index (Phi) is 4.95. The van der Waals surface area contributed by atoms with Crippen molar-refractivity contribution in [2.75, 3.05) is 0 Å². The van der Waals surface area contributed by atoms with Crippen molar-refractivity contribution in [3.05, 3.63) is 27.0 Å². The molecule has 0 saturated heterocycles. The molecule has 0 fully saturated rings. The first-order chi connectivity index (χ1) is 7.66. The third-order valence-electron chi connectivity index (χ3n) is 2.60. The summed E-state index contributed by atoms with van der Waals surface area (Å²) in [5, 5.41) is 3.67. The molecular weight excluding hydrogens is 206 g/mol. The molecule has 0 radical (unpaired) electrons. The van der Waals surface area contributed by atoms with Gasteiger partial charge in [0.15, 0.2) is 0 Å². The van der Waals surface area contributed by atoms with E-state index in [9.17, 15) is 9.59 Å². The smallest absolute Gasteiger partial charge is 0.267 e. The predicted molar refractivity (Wildman–Crippen MR) is 62.5 cm³/mol. The summed E-state index contributed by atoms with van der Waals surface area (Å²) in [4.78, 5) is 23.0. The molecule has 0 saturated carbocycles. The van der Waals surface area contributed by atoms with Crippen molar-refractivity contribution in [1.29, 1.82) is 0 Å². The van der Waals surface area contributed by atoms with Gasteiger partial charge in [0.2, 0.25) is 0 Å². The first kappa shape index (κ1) is 12.7. The van der Waals surface area contributed by atoms with Crippen LogP contribution in [-0.2, 0) is 13.6 Å². The average molecular weight is 225 g/mol. The molecule has 0 aliphatic rings. The molecule has 0 bridgehead atoms. The average Bonchev–Trinajstić information content (AvgIpc) is 2.28. The van der Waals surface area contributed by atoms with Crippen LogP contribution in [0.5, 0.6) is 0 Å². The molecule has 1 aromatic rings. The molecule has 1 heterocycles. The fourth-order valence-corrected chi connectivity index (χ4v) is 1.60. The molecule has 90 valence electrons. The van der Waals surface area contributed by atoms with Gasteiger partial charge in [-0.15, -0.1) is 0 Å². The lowest BCUT2D eigenvalue weighted by atomic mass is 10.1. The SMILES string of the molecule is CCCCCCCn1c(=O)cnn(C)c1=O. The Labute approximate surface area is 94.7 Å². The Morgan fingerprint density at radius 2 is 1.88 bits per heavy atom. The minimum Gasteiger partial charge on any atom is -0.267 e. The summed E-state index contributed by atoms with van der Waals surface area (Å²) in [6.45, 7) is 2.65. The monoisotopic (exact) mass is 225 g/mol. The zero-order valence-electron chi connectivity index (χ0n) is 9.98. The second kappa shape index (κ2) is 6.25. The van der Waals surface area contributed by atoms with Crippen LogP contribution in [0.25, 0.3) is 0 Å². The maximum Gasteiger partial charge on any atom is 0.347 e. The van der Waals surface area contributed by atoms with Crippen LogP contribution in [0, 0.1) is 0 Å². The Bertz CT molecular complexity index is 434. The van der Waals surface area contributed by atoms with Crippen molar-refractivity contribution in [2.45, 2.75) is 45.6 Å². The van der Waals surface area contributed by atoms with Gasteiger partial charge in [-0.25, -0.2) is 9.48 Å². The van der Waals surface area contributed by atoms with Gasteiger partial charge in [-0.2, -0.15) is 5.10 Å². The van der Waals surface area contributed by atoms with E-state index in [2.05, 4.69) is 12.0 Å². The maximum absolute atomic E-state index is 11.6. The fraction of sp³-hybridized carbons (Fsp3) is 0.727. The number of aryl methyl sites for hydroxylation is 1. The number of unbranched alkanes of at least 4 members (excludes halogenated alkanes) is 4. The summed E-state index contributed by atoms with van der Waals surface area (Å²) in [6, 6.07) is 0. The van der Waals surface area contributed by atoms with E-state index in [1.54, 1.807) is 7.05 Å². The van der Waals surface area contributed by atoms with E-state index < -0.39 is 0 Å². The van der Waals surface area contributed by atoms with E-state index in [0.717, 1.165) is 19.3 Å². The summed E-state index contributed by atoms with van der Waals surface area (Å²) in [5.74, 6) is 0. The lowest BCUT2D eigenvalue weighted by molar-refractivity contribution is 0.503. The molecule has 0 spiro atoms. The number of hydrogen-bond donors (Lipinski definition) is 0. The second-order valence-electron chi connectivity index (χ2n) is 3.95. The van der Waals surface area contributed by atoms with Gasteiger partial charge in [-0.3, -0.25) is 9.36 Å². The van der Waals surface area contributed by atoms with Crippen molar-refractivity contribution in [2.24, 2.45) is 7.05 Å². The van der Waals surface area contributed by atoms with Crippen LogP contribution in [0.1, 0.15) is 39.0 Å². The fourth-order valence-electron chi connectivity index (χ4n) is 1.60. The minimum atomic E-state index is -0.331. The summed E-state index contributed by atoms with van der Waals surface area (Å²) in [6.07, 6.45) is 6.69. The Hall–Kier alpha value is -1.39. The van der Waals surface area contributed by atoms with Gasteiger partial charge >= 0.3 is 5.69 Å². The highest BCUT2D eigenvalue weighted by Gasteiger charge is 2.02. The topological polar surface area (TPSA) is 56.9 Å². The standard InChI is InChI=1S/C11H19N3O2/c1-3-4-5-6-7-8-14-10(15)9-12-13(2)11(14)16/h9H,3-8H2,1-2H3. The van der Waals surface area contributed by atoms with Gasteiger partial charge in [0, 0.05) is 13.6 Å². The predicted octanol–water partition coefficient (Wildman–Crippen LogP) is 0.912. The molecule has 5 nitrogen and oxygen atoms in total. The second-order valence-corrected chi connectivity index (χ2v) is 3.95. The molecule has 0 amide bonds. The summed E-state index contributed by atoms with van der Waals surface area (Å²) < 4.78 is 2.44. The van der Waals surface area contributed by atoms with Crippen LogP contribution >= 0.6 is 0 Å². The van der Waals surface area contributed by atoms with Crippen LogP contribution in [0.15, 0.2) is 15.8 Å². The molecular formula is C11H19N3O2. The van der Waals surface area contributed by atoms with E-state index in [0.29, 0.717) is 6.54 Å².